The minimum Gasteiger partial charge on any atom is -0.481 e. The Morgan fingerprint density at radius 1 is 0.603 bits per heavy atom. The lowest BCUT2D eigenvalue weighted by molar-refractivity contribution is -0.137. The van der Waals surface area contributed by atoms with Crippen LogP contribution in [-0.4, -0.2) is 81.6 Å². The van der Waals surface area contributed by atoms with Crippen molar-refractivity contribution in [3.8, 4) is 10.0 Å². The molecule has 6 N–H and O–H groups in total. The molecule has 23 heteroatoms. The number of nitrogens with one attached hydrogen (secondary N) is 3. The summed E-state index contributed by atoms with van der Waals surface area (Å²) in [7, 11) is 0. The lowest BCUT2D eigenvalue weighted by Gasteiger charge is -2.13. The summed E-state index contributed by atoms with van der Waals surface area (Å²) in [5, 5.41) is 37.0. The van der Waals surface area contributed by atoms with Crippen LogP contribution in [0.15, 0.2) is 94.9 Å². The number of halogens is 2. The molecule has 0 fully saturated rings. The van der Waals surface area contributed by atoms with E-state index in [1.54, 1.807) is 40.9 Å². The van der Waals surface area contributed by atoms with Crippen LogP contribution in [0.25, 0.3) is 10.0 Å². The van der Waals surface area contributed by atoms with Crippen molar-refractivity contribution >= 4 is 104 Å². The lowest BCUT2D eigenvalue weighted by atomic mass is 9.99. The number of carboxylic acids is 1. The Balaban J connectivity index is 0.000000160. The van der Waals surface area contributed by atoms with Gasteiger partial charge in [-0.3, -0.25) is 58.5 Å². The van der Waals surface area contributed by atoms with Crippen LogP contribution >= 0.6 is 45.9 Å². The molecule has 0 saturated heterocycles. The number of aliphatic carboxylic acids is 1. The third-order valence-corrected chi connectivity index (χ3v) is 16.1. The number of carbonyl (C=O) groups excluding carboxylic acids is 5. The average Bonchev–Trinajstić information content (AvgIpc) is 4.20. The van der Waals surface area contributed by atoms with Crippen molar-refractivity contribution in [1.82, 2.24) is 40.2 Å². The largest absolute Gasteiger partial charge is 0.481 e. The highest BCUT2D eigenvalue weighted by Crippen LogP contribution is 2.42. The molecular formula is C55H48Cl2N12O7S2. The zero-order chi connectivity index (χ0) is 54.7. The van der Waals surface area contributed by atoms with Crippen molar-refractivity contribution in [1.29, 1.82) is 0 Å². The molecule has 396 valence electrons. The van der Waals surface area contributed by atoms with E-state index in [9.17, 15) is 33.9 Å². The number of hydrogen-bond acceptors (Lipinski definition) is 15. The van der Waals surface area contributed by atoms with Gasteiger partial charge in [-0.15, -0.1) is 43.1 Å². The number of anilines is 2. The van der Waals surface area contributed by atoms with E-state index in [2.05, 4.69) is 64.0 Å². The Kier molecular flexibility index (Phi) is 15.0. The van der Waals surface area contributed by atoms with Gasteiger partial charge in [-0.2, -0.15) is 0 Å². The van der Waals surface area contributed by atoms with Gasteiger partial charge in [0.2, 0.25) is 5.91 Å². The molecule has 0 radical (unpaired) electrons. The summed E-state index contributed by atoms with van der Waals surface area (Å²) in [4.78, 5) is 83.0. The van der Waals surface area contributed by atoms with Gasteiger partial charge >= 0.3 is 5.97 Å². The number of carboxylic acid groups (broad SMARTS) is 1. The Morgan fingerprint density at radius 2 is 1.03 bits per heavy atom. The van der Waals surface area contributed by atoms with E-state index in [1.807, 2.05) is 71.5 Å². The van der Waals surface area contributed by atoms with E-state index < -0.39 is 29.9 Å². The lowest BCUT2D eigenvalue weighted by Crippen LogP contribution is -2.20. The maximum absolute atomic E-state index is 13.3. The number of carbonyl (C=O) groups is 6. The summed E-state index contributed by atoms with van der Waals surface area (Å²) in [6.45, 7) is 12.0. The Hall–Kier alpha value is -8.50. The number of imide groups is 2. The number of nitrogen functional groups attached to an aromatic ring is 1. The second-order valence-electron chi connectivity index (χ2n) is 18.3. The predicted molar refractivity (Wildman–Crippen MR) is 300 cm³/mol. The number of aryl methyl sites for hydroxylation is 4. The molecule has 78 heavy (non-hydrogen) atoms. The van der Waals surface area contributed by atoms with Crippen LogP contribution in [0.2, 0.25) is 10.0 Å². The quantitative estimate of drug-likeness (QED) is 0.0737. The fourth-order valence-corrected chi connectivity index (χ4v) is 11.9. The van der Waals surface area contributed by atoms with E-state index >= 15 is 0 Å². The van der Waals surface area contributed by atoms with Crippen LogP contribution in [0, 0.1) is 41.5 Å². The van der Waals surface area contributed by atoms with Crippen molar-refractivity contribution in [2.45, 2.75) is 73.9 Å². The number of aromatic nitrogens is 6. The van der Waals surface area contributed by atoms with Gasteiger partial charge in [0.25, 0.3) is 23.6 Å². The Bertz CT molecular complexity index is 3890. The molecule has 19 nitrogen and oxygen atoms in total. The zero-order valence-corrected chi connectivity index (χ0v) is 44.9. The van der Waals surface area contributed by atoms with Crippen LogP contribution in [0.5, 0.6) is 0 Å². The molecule has 4 aromatic carbocycles. The highest BCUT2D eigenvalue weighted by atomic mass is 35.5. The molecule has 12 rings (SSSR count). The van der Waals surface area contributed by atoms with E-state index in [0.717, 1.165) is 65.5 Å². The topological polar surface area (TPSA) is 271 Å². The number of fused-ring (bicyclic) bond motifs is 8. The summed E-state index contributed by atoms with van der Waals surface area (Å²) < 4.78 is 3.93. The van der Waals surface area contributed by atoms with Crippen molar-refractivity contribution in [3.63, 3.8) is 0 Å². The van der Waals surface area contributed by atoms with Crippen LogP contribution in [0.4, 0.5) is 11.4 Å². The van der Waals surface area contributed by atoms with Gasteiger partial charge < -0.3 is 16.2 Å². The normalized spacial score (nSPS) is 15.3. The first-order valence-corrected chi connectivity index (χ1v) is 26.1. The fraction of sp³-hybridized carbons (Fsp3) is 0.200. The van der Waals surface area contributed by atoms with Gasteiger partial charge in [-0.05, 0) is 113 Å². The van der Waals surface area contributed by atoms with Crippen LogP contribution < -0.4 is 21.7 Å². The SMILES string of the molecule is C.Cc1sc2c(c1C)C(c1ccc(Cl)cc1)=N[C@@H](CC(=O)Nc1ccc3c(c1)C(=O)NC3=O)c1nnc(C)n1-2.Cc1sc2c(c1C)C(c1ccc(Cl)cc1)=N[C@@H](CC(=O)O)c1nnc(C)n1-2.Nc1ccc2c(c1)C(=O)NC2=O. The first-order valence-electron chi connectivity index (χ1n) is 23.8. The number of nitrogens with two attached hydrogens (primary N) is 1. The number of nitrogens with zero attached hydrogens (tertiary/aromatic N) is 8. The Morgan fingerprint density at radius 3 is 1.49 bits per heavy atom. The summed E-state index contributed by atoms with van der Waals surface area (Å²) in [6.07, 6.45) is -0.160. The molecule has 5 amide bonds. The van der Waals surface area contributed by atoms with Gasteiger partial charge in [-0.25, -0.2) is 0 Å². The van der Waals surface area contributed by atoms with Crippen molar-refractivity contribution < 1.29 is 33.9 Å². The maximum atomic E-state index is 13.3. The number of thiophene rings is 2. The van der Waals surface area contributed by atoms with Gasteiger partial charge in [-0.1, -0.05) is 54.9 Å². The molecule has 8 heterocycles. The standard InChI is InChI=1S/C27H21ClN6O3S.C19H17ClN4O2S.C8H6N2O2.CH4/c1-12-13(2)38-27-22(12)23(15-4-6-16(28)7-5-15)30-20(24-33-32-14(3)34(24)27)11-21(35)29-17-8-9-18-19(10-17)26(37)31-25(18)36;1-9-10(2)27-19-16(9)17(12-4-6-13(20)7-5-12)21-14(8-15(25)26)18-23-22-11(3)24(18)19;9-4-1-2-5-6(3-4)8(12)10-7(5)11;/h4-10,20H,11H2,1-3H3,(H,29,35)(H,31,36,37);4-7,14H,8H2,1-3H3,(H,25,26);1-3H,9H2,(H,10,11,12);1H4/t20-;14-;;/m00../s1. The molecular weight excluding hydrogens is 1080 g/mol. The summed E-state index contributed by atoms with van der Waals surface area (Å²) in [6, 6.07) is 23.0. The number of hydrogen-bond donors (Lipinski definition) is 5. The van der Waals surface area contributed by atoms with Crippen LogP contribution in [0.1, 0.15) is 140 Å². The minimum atomic E-state index is -0.926. The fourth-order valence-electron chi connectivity index (χ4n) is 9.25. The molecule has 0 spiro atoms. The predicted octanol–water partition coefficient (Wildman–Crippen LogP) is 9.77. The summed E-state index contributed by atoms with van der Waals surface area (Å²) in [5.74, 6) is -0.346. The van der Waals surface area contributed by atoms with E-state index in [0.29, 0.717) is 50.0 Å². The highest BCUT2D eigenvalue weighted by Gasteiger charge is 2.35. The van der Waals surface area contributed by atoms with E-state index in [-0.39, 0.29) is 49.1 Å². The van der Waals surface area contributed by atoms with Crippen LogP contribution in [-0.2, 0) is 9.59 Å². The molecule has 0 unspecified atom stereocenters. The smallest absolute Gasteiger partial charge is 0.306 e. The van der Waals surface area contributed by atoms with Crippen molar-refractivity contribution in [2.24, 2.45) is 9.98 Å². The Labute approximate surface area is 464 Å². The van der Waals surface area contributed by atoms with Crippen molar-refractivity contribution in [2.75, 3.05) is 11.1 Å². The summed E-state index contributed by atoms with van der Waals surface area (Å²) in [5.41, 5.74) is 15.1. The minimum absolute atomic E-state index is 0. The second kappa shape index (κ2) is 21.5. The molecule has 0 aliphatic carbocycles. The monoisotopic (exact) mass is 1120 g/mol. The number of aliphatic imine (C=N–C) groups is 2. The van der Waals surface area contributed by atoms with Gasteiger partial charge in [0.15, 0.2) is 11.6 Å². The van der Waals surface area contributed by atoms with E-state index in [4.69, 9.17) is 38.9 Å². The van der Waals surface area contributed by atoms with E-state index in [1.165, 1.54) is 23.1 Å². The first kappa shape index (κ1) is 54.3. The number of benzene rings is 4. The average molecular weight is 1120 g/mol. The molecule has 4 aliphatic rings. The highest BCUT2D eigenvalue weighted by molar-refractivity contribution is 7.15. The van der Waals surface area contributed by atoms with Gasteiger partial charge in [0, 0.05) is 53.4 Å². The second-order valence-corrected chi connectivity index (χ2v) is 21.6. The van der Waals surface area contributed by atoms with Crippen molar-refractivity contribution in [3.05, 3.63) is 184 Å². The third kappa shape index (κ3) is 10.1. The third-order valence-electron chi connectivity index (χ3n) is 13.2. The molecule has 4 aliphatic heterocycles. The number of amides is 5. The van der Waals surface area contributed by atoms with Gasteiger partial charge in [0.05, 0.1) is 46.5 Å². The molecule has 0 bridgehead atoms. The molecule has 0 saturated carbocycles. The first-order chi connectivity index (χ1) is 36.8. The van der Waals surface area contributed by atoms with Crippen LogP contribution in [0.3, 0.4) is 0 Å². The number of rotatable bonds is 7. The van der Waals surface area contributed by atoms with Gasteiger partial charge in [0.1, 0.15) is 33.7 Å². The summed E-state index contributed by atoms with van der Waals surface area (Å²) >= 11 is 15.5. The zero-order valence-electron chi connectivity index (χ0n) is 41.8. The maximum Gasteiger partial charge on any atom is 0.306 e. The molecule has 8 aromatic rings. The molecule has 2 atom stereocenters. The molecule has 4 aromatic heterocycles.